The van der Waals surface area contributed by atoms with E-state index in [-0.39, 0.29) is 24.1 Å². The fraction of sp³-hybridized carbons (Fsp3) is 0.250. The summed E-state index contributed by atoms with van der Waals surface area (Å²) in [4.78, 5) is 33.5. The molecule has 0 radical (unpaired) electrons. The highest BCUT2D eigenvalue weighted by atomic mass is 16.5. The second-order valence-corrected chi connectivity index (χ2v) is 4.98. The van der Waals surface area contributed by atoms with Gasteiger partial charge in [0.1, 0.15) is 11.4 Å². The number of likely N-dealkylation sites (N-methyl/N-ethyl adjacent to an activating group) is 1. The molecule has 2 aromatic rings. The Kier molecular flexibility index (Phi) is 5.24. The Morgan fingerprint density at radius 1 is 1.26 bits per heavy atom. The maximum atomic E-state index is 12.2. The number of carbonyl (C=O) groups excluding carboxylic acids is 2. The molecule has 120 valence electrons. The van der Waals surface area contributed by atoms with Crippen LogP contribution in [0, 0.1) is 6.92 Å². The van der Waals surface area contributed by atoms with Crippen LogP contribution in [0.25, 0.3) is 0 Å². The van der Waals surface area contributed by atoms with Crippen molar-refractivity contribution in [3.8, 4) is 5.75 Å². The number of aryl methyl sites for hydroxylation is 1. The monoisotopic (exact) mass is 314 g/mol. The number of carbonyl (C=O) groups is 2. The smallest absolute Gasteiger partial charge is 0.274 e. The van der Waals surface area contributed by atoms with Crippen molar-refractivity contribution in [3.05, 3.63) is 48.0 Å². The Morgan fingerprint density at radius 3 is 2.70 bits per heavy atom. The molecule has 0 aliphatic rings. The van der Waals surface area contributed by atoms with Crippen LogP contribution in [0.3, 0.4) is 0 Å². The number of rotatable bonds is 5. The second kappa shape index (κ2) is 7.35. The number of aromatic nitrogens is 2. The molecule has 1 aromatic carbocycles. The van der Waals surface area contributed by atoms with Crippen molar-refractivity contribution in [2.45, 2.75) is 6.92 Å². The molecule has 1 heterocycles. The van der Waals surface area contributed by atoms with E-state index in [0.717, 1.165) is 5.69 Å². The number of hydrogen-bond donors (Lipinski definition) is 1. The molecule has 0 saturated carbocycles. The number of anilines is 1. The molecule has 0 aliphatic carbocycles. The van der Waals surface area contributed by atoms with Gasteiger partial charge in [-0.25, -0.2) is 4.98 Å². The number of nitrogens with zero attached hydrogens (tertiary/aromatic N) is 3. The summed E-state index contributed by atoms with van der Waals surface area (Å²) in [6.45, 7) is 1.69. The van der Waals surface area contributed by atoms with Gasteiger partial charge in [-0.1, -0.05) is 6.07 Å². The lowest BCUT2D eigenvalue weighted by Crippen LogP contribution is -2.35. The summed E-state index contributed by atoms with van der Waals surface area (Å²) >= 11 is 0. The second-order valence-electron chi connectivity index (χ2n) is 4.98. The molecule has 23 heavy (non-hydrogen) atoms. The van der Waals surface area contributed by atoms with Gasteiger partial charge in [0.15, 0.2) is 0 Å². The van der Waals surface area contributed by atoms with Crippen LogP contribution in [-0.4, -0.2) is 47.4 Å². The summed E-state index contributed by atoms with van der Waals surface area (Å²) in [6.07, 6.45) is 2.91. The van der Waals surface area contributed by atoms with Gasteiger partial charge >= 0.3 is 0 Å². The highest BCUT2D eigenvalue weighted by molar-refractivity contribution is 5.98. The molecule has 2 rings (SSSR count). The van der Waals surface area contributed by atoms with Gasteiger partial charge in [-0.05, 0) is 19.1 Å². The van der Waals surface area contributed by atoms with Crippen molar-refractivity contribution < 1.29 is 14.3 Å². The molecule has 0 fully saturated rings. The zero-order valence-corrected chi connectivity index (χ0v) is 13.2. The largest absolute Gasteiger partial charge is 0.497 e. The average Bonchev–Trinajstić information content (AvgIpc) is 2.54. The minimum Gasteiger partial charge on any atom is -0.497 e. The van der Waals surface area contributed by atoms with Gasteiger partial charge < -0.3 is 15.0 Å². The van der Waals surface area contributed by atoms with Crippen LogP contribution in [-0.2, 0) is 4.79 Å². The summed E-state index contributed by atoms with van der Waals surface area (Å²) in [6, 6.07) is 6.99. The first-order valence-corrected chi connectivity index (χ1v) is 6.97. The van der Waals surface area contributed by atoms with Crippen LogP contribution in [0.5, 0.6) is 5.75 Å². The molecule has 0 bridgehead atoms. The minimum absolute atomic E-state index is 0.0917. The van der Waals surface area contributed by atoms with E-state index in [0.29, 0.717) is 11.4 Å². The molecule has 0 saturated heterocycles. The van der Waals surface area contributed by atoms with Gasteiger partial charge in [0, 0.05) is 25.0 Å². The lowest BCUT2D eigenvalue weighted by Gasteiger charge is -2.16. The van der Waals surface area contributed by atoms with Gasteiger partial charge in [0.05, 0.1) is 25.5 Å². The topological polar surface area (TPSA) is 84.4 Å². The maximum absolute atomic E-state index is 12.2. The van der Waals surface area contributed by atoms with Gasteiger partial charge in [0.2, 0.25) is 5.91 Å². The third-order valence-electron chi connectivity index (χ3n) is 3.08. The summed E-state index contributed by atoms with van der Waals surface area (Å²) in [5, 5.41) is 2.71. The Morgan fingerprint density at radius 2 is 2.04 bits per heavy atom. The van der Waals surface area contributed by atoms with E-state index in [1.165, 1.54) is 24.3 Å². The number of methoxy groups -OCH3 is 1. The zero-order valence-electron chi connectivity index (χ0n) is 13.2. The normalized spacial score (nSPS) is 10.0. The van der Waals surface area contributed by atoms with Crippen LogP contribution in [0.15, 0.2) is 36.7 Å². The molecular weight excluding hydrogens is 296 g/mol. The fourth-order valence-corrected chi connectivity index (χ4v) is 1.89. The average molecular weight is 314 g/mol. The number of ether oxygens (including phenoxy) is 1. The van der Waals surface area contributed by atoms with Crippen LogP contribution in [0.2, 0.25) is 0 Å². The maximum Gasteiger partial charge on any atom is 0.274 e. The van der Waals surface area contributed by atoms with E-state index in [2.05, 4.69) is 15.3 Å². The van der Waals surface area contributed by atoms with Crippen LogP contribution in [0.4, 0.5) is 5.69 Å². The van der Waals surface area contributed by atoms with Crippen molar-refractivity contribution in [2.24, 2.45) is 0 Å². The van der Waals surface area contributed by atoms with Crippen molar-refractivity contribution in [3.63, 3.8) is 0 Å². The van der Waals surface area contributed by atoms with Crippen molar-refractivity contribution >= 4 is 17.5 Å². The lowest BCUT2D eigenvalue weighted by atomic mass is 10.3. The molecule has 0 aliphatic heterocycles. The Balaban J connectivity index is 1.96. The zero-order chi connectivity index (χ0) is 16.8. The van der Waals surface area contributed by atoms with Crippen LogP contribution >= 0.6 is 0 Å². The first-order chi connectivity index (χ1) is 11.0. The third kappa shape index (κ3) is 4.50. The summed E-state index contributed by atoms with van der Waals surface area (Å²) in [7, 11) is 3.09. The summed E-state index contributed by atoms with van der Waals surface area (Å²) in [5.41, 5.74) is 1.53. The van der Waals surface area contributed by atoms with Crippen molar-refractivity contribution in [2.75, 3.05) is 26.0 Å². The molecule has 7 nitrogen and oxygen atoms in total. The Bertz CT molecular complexity index is 701. The van der Waals surface area contributed by atoms with E-state index < -0.39 is 0 Å². The molecule has 2 amide bonds. The Labute approximate surface area is 134 Å². The van der Waals surface area contributed by atoms with Crippen molar-refractivity contribution in [1.82, 2.24) is 14.9 Å². The molecule has 0 spiro atoms. The molecule has 1 aromatic heterocycles. The summed E-state index contributed by atoms with van der Waals surface area (Å²) < 4.78 is 5.09. The van der Waals surface area contributed by atoms with Crippen LogP contribution < -0.4 is 10.1 Å². The Hall–Kier alpha value is -2.96. The van der Waals surface area contributed by atoms with E-state index in [4.69, 9.17) is 4.74 Å². The van der Waals surface area contributed by atoms with Gasteiger partial charge in [-0.2, -0.15) is 0 Å². The van der Waals surface area contributed by atoms with Crippen molar-refractivity contribution in [1.29, 1.82) is 0 Å². The predicted octanol–water partition coefficient (Wildman–Crippen LogP) is 1.50. The number of nitrogens with one attached hydrogen (secondary N) is 1. The first kappa shape index (κ1) is 16.4. The molecule has 0 unspecified atom stereocenters. The lowest BCUT2D eigenvalue weighted by molar-refractivity contribution is -0.116. The standard InChI is InChI=1S/C16H18N4O3/c1-11-8-18-14(9-17-11)16(22)20(2)10-15(21)19-12-5-4-6-13(7-12)23-3/h4-9H,10H2,1-3H3,(H,19,21). The SMILES string of the molecule is COc1cccc(NC(=O)CN(C)C(=O)c2cnc(C)cn2)c1. The highest BCUT2D eigenvalue weighted by Crippen LogP contribution is 2.16. The minimum atomic E-state index is -0.363. The molecular formula is C16H18N4O3. The van der Waals surface area contributed by atoms with Gasteiger partial charge in [-0.15, -0.1) is 0 Å². The number of amides is 2. The number of benzene rings is 1. The van der Waals surface area contributed by atoms with E-state index in [1.54, 1.807) is 38.3 Å². The van der Waals surface area contributed by atoms with Gasteiger partial charge in [-0.3, -0.25) is 14.6 Å². The third-order valence-corrected chi connectivity index (χ3v) is 3.08. The number of hydrogen-bond acceptors (Lipinski definition) is 5. The molecule has 1 N–H and O–H groups in total. The first-order valence-electron chi connectivity index (χ1n) is 6.97. The predicted molar refractivity (Wildman–Crippen MR) is 85.4 cm³/mol. The van der Waals surface area contributed by atoms with Crippen LogP contribution in [0.1, 0.15) is 16.2 Å². The quantitative estimate of drug-likeness (QED) is 0.904. The van der Waals surface area contributed by atoms with E-state index in [9.17, 15) is 9.59 Å². The molecule has 7 heteroatoms. The molecule has 0 atom stereocenters. The highest BCUT2D eigenvalue weighted by Gasteiger charge is 2.16. The summed E-state index contributed by atoms with van der Waals surface area (Å²) in [5.74, 6) is -0.0328. The van der Waals surface area contributed by atoms with E-state index >= 15 is 0 Å². The fourth-order valence-electron chi connectivity index (χ4n) is 1.89. The van der Waals surface area contributed by atoms with E-state index in [1.807, 2.05) is 0 Å². The van der Waals surface area contributed by atoms with Gasteiger partial charge in [0.25, 0.3) is 5.91 Å².